The summed E-state index contributed by atoms with van der Waals surface area (Å²) >= 11 is 0. The van der Waals surface area contributed by atoms with Crippen molar-refractivity contribution in [2.45, 2.75) is 36.1 Å². The molecule has 130 valence electrons. The first-order valence-electron chi connectivity index (χ1n) is 6.98. The molecule has 0 aliphatic rings. The second-order valence-corrected chi connectivity index (χ2v) is 9.61. The maximum absolute atomic E-state index is 12.0. The van der Waals surface area contributed by atoms with Gasteiger partial charge >= 0.3 is 0 Å². The Labute approximate surface area is 137 Å². The van der Waals surface area contributed by atoms with E-state index in [4.69, 9.17) is 5.73 Å². The summed E-state index contributed by atoms with van der Waals surface area (Å²) in [4.78, 5) is 11.3. The van der Waals surface area contributed by atoms with Crippen molar-refractivity contribution in [3.63, 3.8) is 0 Å². The number of carbonyl (C=O) groups excluding carboxylic acids is 1. The summed E-state index contributed by atoms with van der Waals surface area (Å²) in [7, 11) is -7.25. The lowest BCUT2D eigenvalue weighted by molar-refractivity contribution is -0.119. The van der Waals surface area contributed by atoms with E-state index in [2.05, 4.69) is 5.32 Å². The van der Waals surface area contributed by atoms with E-state index >= 15 is 0 Å². The molecular weight excluding hydrogens is 340 g/mol. The third-order valence-electron chi connectivity index (χ3n) is 3.61. The number of primary amides is 1. The van der Waals surface area contributed by atoms with Crippen LogP contribution in [0, 0.1) is 5.92 Å². The highest BCUT2D eigenvalue weighted by molar-refractivity contribution is 7.91. The zero-order chi connectivity index (χ0) is 18.0. The number of hydrogen-bond donors (Lipinski definition) is 2. The summed E-state index contributed by atoms with van der Waals surface area (Å²) in [5.74, 6) is -0.722. The van der Waals surface area contributed by atoms with Crippen LogP contribution in [0.5, 0.6) is 0 Å². The van der Waals surface area contributed by atoms with E-state index in [1.807, 2.05) is 13.8 Å². The van der Waals surface area contributed by atoms with Crippen molar-refractivity contribution in [1.82, 2.24) is 0 Å². The maximum atomic E-state index is 12.0. The van der Waals surface area contributed by atoms with Gasteiger partial charge in [0.2, 0.25) is 5.91 Å². The Kier molecular flexibility index (Phi) is 5.81. The predicted molar refractivity (Wildman–Crippen MR) is 88.7 cm³/mol. The molecule has 9 heteroatoms. The molecule has 1 rings (SSSR count). The number of sulfone groups is 2. The molecule has 0 spiro atoms. The van der Waals surface area contributed by atoms with Gasteiger partial charge in [0.05, 0.1) is 15.5 Å². The summed E-state index contributed by atoms with van der Waals surface area (Å²) in [6.07, 6.45) is 2.63. The molecule has 1 aromatic rings. The second-order valence-electron chi connectivity index (χ2n) is 5.61. The predicted octanol–water partition coefficient (Wildman–Crippen LogP) is 0.805. The van der Waals surface area contributed by atoms with E-state index < -0.39 is 31.6 Å². The molecule has 0 unspecified atom stereocenters. The molecule has 2 atom stereocenters. The lowest BCUT2D eigenvalue weighted by Crippen LogP contribution is -2.40. The first-order valence-corrected chi connectivity index (χ1v) is 10.8. The Morgan fingerprint density at radius 2 is 1.74 bits per heavy atom. The molecule has 1 aromatic carbocycles. The average molecular weight is 362 g/mol. The molecule has 0 bridgehead atoms. The monoisotopic (exact) mass is 362 g/mol. The molecule has 0 aromatic heterocycles. The highest BCUT2D eigenvalue weighted by Gasteiger charge is 2.25. The quantitative estimate of drug-likeness (QED) is 0.739. The molecule has 0 saturated carbocycles. The standard InChI is InChI=1S/C14H22N2O5S2/c1-5-9(2)13(14(15)17)16-11-7-6-10(22(3,18)19)8-12(11)23(4,20)21/h6-9,13,16H,5H2,1-4H3,(H2,15,17)/t9-,13+/m1/s1. The highest BCUT2D eigenvalue weighted by atomic mass is 32.2. The lowest BCUT2D eigenvalue weighted by Gasteiger charge is -2.23. The number of nitrogens with two attached hydrogens (primary N) is 1. The SMILES string of the molecule is CC[C@@H](C)[C@H](Nc1ccc(S(C)(=O)=O)cc1S(C)(=O)=O)C(N)=O. The van der Waals surface area contributed by atoms with Crippen LogP contribution < -0.4 is 11.1 Å². The summed E-state index contributed by atoms with van der Waals surface area (Å²) < 4.78 is 47.2. The van der Waals surface area contributed by atoms with Gasteiger partial charge in [-0.1, -0.05) is 20.3 Å². The van der Waals surface area contributed by atoms with Crippen LogP contribution in [0.1, 0.15) is 20.3 Å². The third-order valence-corrected chi connectivity index (χ3v) is 5.86. The summed E-state index contributed by atoms with van der Waals surface area (Å²) in [6.45, 7) is 3.69. The third kappa shape index (κ3) is 4.93. The summed E-state index contributed by atoms with van der Waals surface area (Å²) in [5, 5.41) is 2.83. The number of nitrogens with one attached hydrogen (secondary N) is 1. The van der Waals surface area contributed by atoms with Gasteiger partial charge in [0, 0.05) is 12.5 Å². The molecule has 3 N–H and O–H groups in total. The first-order chi connectivity index (χ1) is 10.4. The Bertz CT molecular complexity index is 800. The van der Waals surface area contributed by atoms with Crippen LogP contribution in [0.4, 0.5) is 5.69 Å². The van der Waals surface area contributed by atoms with Gasteiger partial charge in [-0.25, -0.2) is 16.8 Å². The normalized spacial score (nSPS) is 15.0. The number of benzene rings is 1. The minimum absolute atomic E-state index is 0.109. The fourth-order valence-corrected chi connectivity index (χ4v) is 3.65. The highest BCUT2D eigenvalue weighted by Crippen LogP contribution is 2.27. The minimum Gasteiger partial charge on any atom is -0.372 e. The van der Waals surface area contributed by atoms with Crippen LogP contribution in [0.3, 0.4) is 0 Å². The smallest absolute Gasteiger partial charge is 0.240 e. The Morgan fingerprint density at radius 3 is 2.13 bits per heavy atom. The lowest BCUT2D eigenvalue weighted by atomic mass is 9.98. The van der Waals surface area contributed by atoms with Crippen molar-refractivity contribution < 1.29 is 21.6 Å². The van der Waals surface area contributed by atoms with Gasteiger partial charge in [-0.3, -0.25) is 4.79 Å². The number of rotatable bonds is 7. The van der Waals surface area contributed by atoms with Gasteiger partial charge in [-0.2, -0.15) is 0 Å². The van der Waals surface area contributed by atoms with Gasteiger partial charge in [0.1, 0.15) is 6.04 Å². The first kappa shape index (κ1) is 19.4. The van der Waals surface area contributed by atoms with Crippen molar-refractivity contribution in [2.24, 2.45) is 11.7 Å². The van der Waals surface area contributed by atoms with Crippen LogP contribution in [0.25, 0.3) is 0 Å². The average Bonchev–Trinajstić information content (AvgIpc) is 2.41. The number of carbonyl (C=O) groups is 1. The topological polar surface area (TPSA) is 123 Å². The molecule has 7 nitrogen and oxygen atoms in total. The number of amides is 1. The van der Waals surface area contributed by atoms with Crippen molar-refractivity contribution in [3.8, 4) is 0 Å². The van der Waals surface area contributed by atoms with Crippen LogP contribution >= 0.6 is 0 Å². The number of anilines is 1. The fourth-order valence-electron chi connectivity index (χ4n) is 2.06. The van der Waals surface area contributed by atoms with E-state index in [-0.39, 0.29) is 21.4 Å². The zero-order valence-corrected chi connectivity index (χ0v) is 15.2. The van der Waals surface area contributed by atoms with Crippen molar-refractivity contribution >= 4 is 31.3 Å². The van der Waals surface area contributed by atoms with Crippen molar-refractivity contribution in [1.29, 1.82) is 0 Å². The molecule has 23 heavy (non-hydrogen) atoms. The van der Waals surface area contributed by atoms with E-state index in [1.165, 1.54) is 12.1 Å². The number of hydrogen-bond acceptors (Lipinski definition) is 6. The molecule has 0 radical (unpaired) electrons. The Balaban J connectivity index is 3.44. The van der Waals surface area contributed by atoms with E-state index in [0.29, 0.717) is 6.42 Å². The van der Waals surface area contributed by atoms with Gasteiger partial charge in [-0.05, 0) is 24.1 Å². The van der Waals surface area contributed by atoms with Crippen LogP contribution in [-0.4, -0.2) is 41.3 Å². The molecular formula is C14H22N2O5S2. The molecule has 0 aliphatic carbocycles. The summed E-state index contributed by atoms with van der Waals surface area (Å²) in [6, 6.07) is 2.96. The zero-order valence-electron chi connectivity index (χ0n) is 13.5. The fraction of sp³-hybridized carbons (Fsp3) is 0.500. The maximum Gasteiger partial charge on any atom is 0.240 e. The molecule has 0 fully saturated rings. The van der Waals surface area contributed by atoms with Gasteiger partial charge in [-0.15, -0.1) is 0 Å². The molecule has 1 amide bonds. The van der Waals surface area contributed by atoms with E-state index in [1.54, 1.807) is 0 Å². The van der Waals surface area contributed by atoms with Crippen LogP contribution in [0.2, 0.25) is 0 Å². The molecule has 0 heterocycles. The van der Waals surface area contributed by atoms with Crippen molar-refractivity contribution in [2.75, 3.05) is 17.8 Å². The molecule has 0 saturated heterocycles. The second kappa shape index (κ2) is 6.88. The van der Waals surface area contributed by atoms with Gasteiger partial charge < -0.3 is 11.1 Å². The van der Waals surface area contributed by atoms with Crippen LogP contribution in [0.15, 0.2) is 28.0 Å². The van der Waals surface area contributed by atoms with Gasteiger partial charge in [0.25, 0.3) is 0 Å². The Morgan fingerprint density at radius 1 is 1.17 bits per heavy atom. The van der Waals surface area contributed by atoms with Crippen molar-refractivity contribution in [3.05, 3.63) is 18.2 Å². The molecule has 0 aliphatic heterocycles. The Hall–Kier alpha value is -1.61. The van der Waals surface area contributed by atoms with Gasteiger partial charge in [0.15, 0.2) is 19.7 Å². The van der Waals surface area contributed by atoms with E-state index in [0.717, 1.165) is 18.6 Å². The van der Waals surface area contributed by atoms with Crippen LogP contribution in [-0.2, 0) is 24.5 Å². The summed E-state index contributed by atoms with van der Waals surface area (Å²) in [5.41, 5.74) is 5.53. The largest absolute Gasteiger partial charge is 0.372 e. The minimum atomic E-state index is -3.70. The van der Waals surface area contributed by atoms with E-state index in [9.17, 15) is 21.6 Å².